The Balaban J connectivity index is 0.000000252. The topological polar surface area (TPSA) is 104 Å². The number of rotatable bonds is 0. The molecule has 1 aromatic carbocycles. The van der Waals surface area contributed by atoms with Crippen LogP contribution >= 0.6 is 7.82 Å². The van der Waals surface area contributed by atoms with Gasteiger partial charge in [0.15, 0.2) is 0 Å². The fourth-order valence-electron chi connectivity index (χ4n) is 0.497. The van der Waals surface area contributed by atoms with Crippen LogP contribution in [-0.4, -0.2) is 14.7 Å². The maximum absolute atomic E-state index is 8.88. The third-order valence-electron chi connectivity index (χ3n) is 0.961. The van der Waals surface area contributed by atoms with E-state index in [4.69, 9.17) is 25.0 Å². The van der Waals surface area contributed by atoms with Crippen LogP contribution in [-0.2, 0) is 4.57 Å². The van der Waals surface area contributed by atoms with Gasteiger partial charge in [0, 0.05) is 0 Å². The van der Waals surface area contributed by atoms with Crippen LogP contribution in [0.1, 0.15) is 0 Å². The Kier molecular flexibility index (Phi) is 6.31. The number of nitrogens with two attached hydrogens (primary N) is 1. The van der Waals surface area contributed by atoms with Crippen LogP contribution < -0.4 is 6.81 Å². The maximum Gasteiger partial charge on any atom is 0.466 e. The van der Waals surface area contributed by atoms with Crippen LogP contribution in [0, 0.1) is 39.6 Å². The number of anilines is 1. The molecule has 5 N–H and O–H groups in total. The van der Waals surface area contributed by atoms with E-state index in [-0.39, 0.29) is 0 Å². The molecular weight excluding hydrogens is 321 g/mol. The normalized spacial score (nSPS) is 10.0. The molecule has 0 aromatic heterocycles. The summed E-state index contributed by atoms with van der Waals surface area (Å²) in [7, 11) is -4.64. The Labute approximate surface area is 103 Å². The summed E-state index contributed by atoms with van der Waals surface area (Å²) < 4.78 is 10.2. The quantitative estimate of drug-likeness (QED) is 0.380. The second-order valence-corrected chi connectivity index (χ2v) is 4.82. The zero-order valence-corrected chi connectivity index (χ0v) is 10.6. The van der Waals surface area contributed by atoms with Crippen LogP contribution in [0.5, 0.6) is 0 Å². The van der Waals surface area contributed by atoms with Crippen LogP contribution in [0.15, 0.2) is 24.3 Å². The molecule has 1 aromatic rings. The van der Waals surface area contributed by atoms with Crippen LogP contribution in [0.4, 0.5) is 5.69 Å². The predicted octanol–water partition coefficient (Wildman–Crippen LogP) is -0.485. The zero-order valence-electron chi connectivity index (χ0n) is 6.58. The van der Waals surface area contributed by atoms with Crippen molar-refractivity contribution in [3.63, 3.8) is 0 Å². The first-order chi connectivity index (χ1) is 5.80. The summed E-state index contributed by atoms with van der Waals surface area (Å²) in [6, 6.07) is 7.96. The van der Waals surface area contributed by atoms with Gasteiger partial charge in [0.05, 0.1) is 0 Å². The molecule has 0 fully saturated rings. The smallest absolute Gasteiger partial charge is 0.303 e. The van der Waals surface area contributed by atoms with Gasteiger partial charge in [0.25, 0.3) is 0 Å². The van der Waals surface area contributed by atoms with Gasteiger partial charge in [-0.15, -0.1) is 0 Å². The number of para-hydroxylation sites is 1. The second-order valence-electron chi connectivity index (χ2n) is 2.10. The first kappa shape index (κ1) is 13.5. The summed E-state index contributed by atoms with van der Waals surface area (Å²) in [5, 5.41) is 0. The summed E-state index contributed by atoms with van der Waals surface area (Å²) in [6.45, 7) is 0. The van der Waals surface area contributed by atoms with Crippen molar-refractivity contribution in [2.24, 2.45) is 0 Å². The van der Waals surface area contributed by atoms with Crippen molar-refractivity contribution in [2.45, 2.75) is 0 Å². The van der Waals surface area contributed by atoms with E-state index in [1.807, 2.05) is 18.2 Å². The molecule has 71 valence electrons. The minimum atomic E-state index is -4.64. The average Bonchev–Trinajstić information content (AvgIpc) is 1.92. The van der Waals surface area contributed by atoms with E-state index in [0.29, 0.717) is 0 Å². The summed E-state index contributed by atoms with van der Waals surface area (Å²) in [5.74, 6) is 0. The van der Waals surface area contributed by atoms with E-state index in [2.05, 4.69) is 6.07 Å². The van der Waals surface area contributed by atoms with Crippen molar-refractivity contribution >= 4 is 14.6 Å². The molecule has 0 heterocycles. The molecular formula is C6H9CeNO4P. The molecule has 0 aliphatic rings. The molecule has 5 nitrogen and oxygen atoms in total. The molecule has 0 amide bonds. The van der Waals surface area contributed by atoms with E-state index in [1.165, 1.54) is 1.08 Å². The molecule has 0 unspecified atom stereocenters. The second kappa shape index (κ2) is 6.08. The van der Waals surface area contributed by atoms with Gasteiger partial charge < -0.3 is 14.7 Å². The molecule has 0 spiro atoms. The van der Waals surface area contributed by atoms with Gasteiger partial charge in [-0.25, -0.2) is 4.57 Å². The van der Waals surface area contributed by atoms with Gasteiger partial charge in [-0.05, 0) is 0 Å². The largest absolute Gasteiger partial charge is 0.466 e. The van der Waals surface area contributed by atoms with Crippen LogP contribution in [0.2, 0.25) is 0 Å². The average molecular weight is 330 g/mol. The first-order valence-corrected chi connectivity index (χ1v) is 6.28. The van der Waals surface area contributed by atoms with Gasteiger partial charge in [0.1, 0.15) is 0 Å². The Morgan fingerprint density at radius 1 is 1.23 bits per heavy atom. The van der Waals surface area contributed by atoms with Crippen LogP contribution in [0.25, 0.3) is 0 Å². The van der Waals surface area contributed by atoms with E-state index in [1.54, 1.807) is 0 Å². The molecule has 1 rings (SSSR count). The molecule has 13 heavy (non-hydrogen) atoms. The summed E-state index contributed by atoms with van der Waals surface area (Å²) in [5.41, 5.74) is 6.48. The van der Waals surface area contributed by atoms with Crippen molar-refractivity contribution in [3.8, 4) is 0 Å². The third-order valence-corrected chi connectivity index (χ3v) is 2.39. The standard InChI is InChI=1S/C6H6N.Ce.H3O4P/c7-6-4-2-1-3-5-6;;1-5(2,3)4/h1-4H,7H2;;(H3,1,2,3,4). The van der Waals surface area contributed by atoms with Crippen molar-refractivity contribution in [2.75, 3.05) is 5.73 Å². The fourth-order valence-corrected chi connectivity index (χ4v) is 1.06. The Hall–Kier alpha value is 0.507. The number of nitrogen functional groups attached to an aromatic ring is 1. The van der Waals surface area contributed by atoms with Crippen LogP contribution in [0.3, 0.4) is 0 Å². The Bertz CT molecular complexity index is 284. The molecule has 0 aliphatic heterocycles. The van der Waals surface area contributed by atoms with Gasteiger partial charge in [-0.3, -0.25) is 0 Å². The summed E-state index contributed by atoms with van der Waals surface area (Å²) in [4.78, 5) is 21.6. The van der Waals surface area contributed by atoms with Gasteiger partial charge in [-0.1, -0.05) is 0 Å². The molecule has 0 atom stereocenters. The van der Waals surface area contributed by atoms with E-state index < -0.39 is 7.82 Å². The molecule has 0 bridgehead atoms. The Morgan fingerprint density at radius 2 is 1.62 bits per heavy atom. The van der Waals surface area contributed by atoms with Crippen molar-refractivity contribution < 1.29 is 58.9 Å². The zero-order chi connectivity index (χ0) is 10.5. The Morgan fingerprint density at radius 3 is 1.85 bits per heavy atom. The van der Waals surface area contributed by atoms with Crippen molar-refractivity contribution in [3.05, 3.63) is 24.3 Å². The van der Waals surface area contributed by atoms with E-state index in [9.17, 15) is 0 Å². The minimum Gasteiger partial charge on any atom is -0.303 e. The summed E-state index contributed by atoms with van der Waals surface area (Å²) >= 11 is 1.05. The monoisotopic (exact) mass is 330 g/mol. The van der Waals surface area contributed by atoms with E-state index >= 15 is 0 Å². The van der Waals surface area contributed by atoms with Gasteiger partial charge >= 0.3 is 84.2 Å². The predicted molar refractivity (Wildman–Crippen MR) is 44.8 cm³/mol. The number of benzene rings is 1. The van der Waals surface area contributed by atoms with E-state index in [0.717, 1.165) is 45.3 Å². The number of phosphoric acid groups is 1. The minimum absolute atomic E-state index is 0.930. The SMILES string of the molecule is Nc1cccc[c]1[Ce].O=P(O)(O)O. The number of hydrogen-bond donors (Lipinski definition) is 4. The first-order valence-electron chi connectivity index (χ1n) is 3.15. The molecule has 0 saturated heterocycles. The number of hydrogen-bond acceptors (Lipinski definition) is 2. The van der Waals surface area contributed by atoms with Gasteiger partial charge in [-0.2, -0.15) is 0 Å². The molecule has 0 radical (unpaired) electrons. The van der Waals surface area contributed by atoms with Crippen molar-refractivity contribution in [1.82, 2.24) is 0 Å². The third kappa shape index (κ3) is 10.4. The van der Waals surface area contributed by atoms with Gasteiger partial charge in [0.2, 0.25) is 0 Å². The fraction of sp³-hybridized carbons (Fsp3) is 0. The maximum atomic E-state index is 8.88. The molecule has 0 saturated carbocycles. The molecule has 0 aliphatic carbocycles. The molecule has 7 heteroatoms. The summed E-state index contributed by atoms with van der Waals surface area (Å²) in [6.07, 6.45) is 0. The van der Waals surface area contributed by atoms with Crippen molar-refractivity contribution in [1.29, 1.82) is 0 Å².